The van der Waals surface area contributed by atoms with E-state index in [0.717, 1.165) is 35.2 Å². The van der Waals surface area contributed by atoms with Crippen molar-refractivity contribution >= 4 is 17.7 Å². The van der Waals surface area contributed by atoms with Crippen molar-refractivity contribution in [3.8, 4) is 11.3 Å². The van der Waals surface area contributed by atoms with Crippen LogP contribution in [-0.2, 0) is 27.9 Å². The van der Waals surface area contributed by atoms with E-state index in [4.69, 9.17) is 9.72 Å². The van der Waals surface area contributed by atoms with E-state index in [1.165, 1.54) is 17.3 Å². The summed E-state index contributed by atoms with van der Waals surface area (Å²) in [4.78, 5) is 31.0. The standard InChI is InChI=1S/C26H28N2O3S/c1-4-26(3)15-19-13-9-10-14-20(19)23-22(26)24(30)28(16-18-11-7-6-8-12-18)25(27-23)32-17-21(29)31-5-2/h6-14H,4-5,15-17H2,1-3H3/t26-/m0/s1. The summed E-state index contributed by atoms with van der Waals surface area (Å²) < 4.78 is 6.82. The Morgan fingerprint density at radius 3 is 2.56 bits per heavy atom. The molecule has 1 aromatic heterocycles. The summed E-state index contributed by atoms with van der Waals surface area (Å²) in [6, 6.07) is 18.1. The molecule has 0 unspecified atom stereocenters. The molecule has 1 heterocycles. The molecule has 1 atom stereocenters. The normalized spacial score (nSPS) is 16.8. The number of fused-ring (bicyclic) bond motifs is 3. The molecule has 6 heteroatoms. The fourth-order valence-corrected chi connectivity index (χ4v) is 5.12. The number of carbonyl (C=O) groups is 1. The maximum atomic E-state index is 14.0. The zero-order valence-corrected chi connectivity index (χ0v) is 19.6. The van der Waals surface area contributed by atoms with Crippen molar-refractivity contribution < 1.29 is 9.53 Å². The zero-order chi connectivity index (χ0) is 22.7. The molecule has 0 bridgehead atoms. The Labute approximate surface area is 192 Å². The van der Waals surface area contributed by atoms with Gasteiger partial charge in [0.2, 0.25) is 0 Å². The number of nitrogens with zero attached hydrogens (tertiary/aromatic N) is 2. The average Bonchev–Trinajstić information content (AvgIpc) is 2.80. The molecular formula is C26H28N2O3S. The fraction of sp³-hybridized carbons (Fsp3) is 0.346. The third kappa shape index (κ3) is 4.24. The first kappa shape index (κ1) is 22.3. The number of hydrogen-bond donors (Lipinski definition) is 0. The summed E-state index contributed by atoms with van der Waals surface area (Å²) in [5, 5.41) is 0.542. The zero-order valence-electron chi connectivity index (χ0n) is 18.8. The highest BCUT2D eigenvalue weighted by atomic mass is 32.2. The lowest BCUT2D eigenvalue weighted by Crippen LogP contribution is -2.40. The quantitative estimate of drug-likeness (QED) is 0.294. The lowest BCUT2D eigenvalue weighted by atomic mass is 9.69. The Kier molecular flexibility index (Phi) is 6.51. The summed E-state index contributed by atoms with van der Waals surface area (Å²) in [6.45, 7) is 6.81. The van der Waals surface area contributed by atoms with Crippen LogP contribution in [-0.4, -0.2) is 27.9 Å². The number of esters is 1. The van der Waals surface area contributed by atoms with Gasteiger partial charge in [-0.05, 0) is 30.9 Å². The molecule has 2 aromatic carbocycles. The molecule has 0 radical (unpaired) electrons. The highest BCUT2D eigenvalue weighted by Crippen LogP contribution is 2.43. The molecular weight excluding hydrogens is 420 g/mol. The summed E-state index contributed by atoms with van der Waals surface area (Å²) in [7, 11) is 0. The van der Waals surface area contributed by atoms with Crippen LogP contribution in [0.25, 0.3) is 11.3 Å². The van der Waals surface area contributed by atoms with E-state index < -0.39 is 0 Å². The van der Waals surface area contributed by atoms with Crippen LogP contribution in [0.15, 0.2) is 64.5 Å². The summed E-state index contributed by atoms with van der Waals surface area (Å²) in [5.74, 6) is -0.199. The highest BCUT2D eigenvalue weighted by Gasteiger charge is 2.38. The Bertz CT molecular complexity index is 1190. The molecule has 32 heavy (non-hydrogen) atoms. The van der Waals surface area contributed by atoms with Gasteiger partial charge in [0.05, 0.1) is 30.2 Å². The molecule has 166 valence electrons. The van der Waals surface area contributed by atoms with Crippen molar-refractivity contribution in [1.29, 1.82) is 0 Å². The van der Waals surface area contributed by atoms with Crippen molar-refractivity contribution in [3.63, 3.8) is 0 Å². The molecule has 0 fully saturated rings. The van der Waals surface area contributed by atoms with Crippen molar-refractivity contribution in [2.75, 3.05) is 12.4 Å². The molecule has 0 saturated carbocycles. The lowest BCUT2D eigenvalue weighted by Gasteiger charge is -2.35. The number of aromatic nitrogens is 2. The van der Waals surface area contributed by atoms with E-state index in [1.54, 1.807) is 11.5 Å². The van der Waals surface area contributed by atoms with Gasteiger partial charge in [-0.1, -0.05) is 80.2 Å². The second kappa shape index (κ2) is 9.33. The second-order valence-corrected chi connectivity index (χ2v) is 9.28. The summed E-state index contributed by atoms with van der Waals surface area (Å²) >= 11 is 1.26. The van der Waals surface area contributed by atoms with Gasteiger partial charge in [0.1, 0.15) is 0 Å². The molecule has 0 spiro atoms. The number of hydrogen-bond acceptors (Lipinski definition) is 5. The van der Waals surface area contributed by atoms with Gasteiger partial charge in [0, 0.05) is 11.0 Å². The maximum Gasteiger partial charge on any atom is 0.316 e. The summed E-state index contributed by atoms with van der Waals surface area (Å²) in [6.07, 6.45) is 1.65. The van der Waals surface area contributed by atoms with Crippen LogP contribution in [0.1, 0.15) is 43.9 Å². The van der Waals surface area contributed by atoms with Gasteiger partial charge >= 0.3 is 5.97 Å². The van der Waals surface area contributed by atoms with Gasteiger partial charge in [-0.25, -0.2) is 4.98 Å². The first-order valence-corrected chi connectivity index (χ1v) is 12.0. The first-order valence-electron chi connectivity index (χ1n) is 11.0. The number of benzene rings is 2. The van der Waals surface area contributed by atoms with Crippen LogP contribution < -0.4 is 5.56 Å². The Hall–Kier alpha value is -2.86. The number of ether oxygens (including phenoxy) is 1. The van der Waals surface area contributed by atoms with Crippen LogP contribution in [0.2, 0.25) is 0 Å². The van der Waals surface area contributed by atoms with Crippen molar-refractivity contribution in [2.24, 2.45) is 0 Å². The molecule has 4 rings (SSSR count). The number of rotatable bonds is 7. The largest absolute Gasteiger partial charge is 0.465 e. The van der Waals surface area contributed by atoms with E-state index >= 15 is 0 Å². The van der Waals surface area contributed by atoms with Crippen LogP contribution in [0, 0.1) is 0 Å². The minimum Gasteiger partial charge on any atom is -0.465 e. The number of thioether (sulfide) groups is 1. The van der Waals surface area contributed by atoms with Crippen molar-refractivity contribution in [3.05, 3.63) is 81.6 Å². The third-order valence-electron chi connectivity index (χ3n) is 6.18. The Morgan fingerprint density at radius 2 is 1.84 bits per heavy atom. The van der Waals surface area contributed by atoms with E-state index in [1.807, 2.05) is 48.5 Å². The van der Waals surface area contributed by atoms with Gasteiger partial charge in [-0.3, -0.25) is 14.2 Å². The van der Waals surface area contributed by atoms with Gasteiger partial charge in [-0.2, -0.15) is 0 Å². The maximum absolute atomic E-state index is 14.0. The predicted octanol–water partition coefficient (Wildman–Crippen LogP) is 4.84. The van der Waals surface area contributed by atoms with Gasteiger partial charge in [0.25, 0.3) is 5.56 Å². The number of carbonyl (C=O) groups excluding carboxylic acids is 1. The van der Waals surface area contributed by atoms with Gasteiger partial charge < -0.3 is 4.74 Å². The van der Waals surface area contributed by atoms with E-state index in [9.17, 15) is 9.59 Å². The molecule has 0 aliphatic heterocycles. The fourth-order valence-electron chi connectivity index (χ4n) is 4.33. The van der Waals surface area contributed by atoms with E-state index in [-0.39, 0.29) is 22.7 Å². The topological polar surface area (TPSA) is 61.2 Å². The molecule has 5 nitrogen and oxygen atoms in total. The van der Waals surface area contributed by atoms with E-state index in [2.05, 4.69) is 19.9 Å². The van der Waals surface area contributed by atoms with Crippen LogP contribution in [0.5, 0.6) is 0 Å². The molecule has 0 N–H and O–H groups in total. The van der Waals surface area contributed by atoms with Crippen LogP contribution in [0.3, 0.4) is 0 Å². The van der Waals surface area contributed by atoms with Crippen LogP contribution >= 0.6 is 11.8 Å². The minimum absolute atomic E-state index is 0.0240. The predicted molar refractivity (Wildman–Crippen MR) is 128 cm³/mol. The van der Waals surface area contributed by atoms with Gasteiger partial charge in [0.15, 0.2) is 5.16 Å². The third-order valence-corrected chi connectivity index (χ3v) is 7.13. The molecule has 1 aliphatic carbocycles. The van der Waals surface area contributed by atoms with Crippen LogP contribution in [0.4, 0.5) is 0 Å². The van der Waals surface area contributed by atoms with E-state index in [0.29, 0.717) is 18.3 Å². The van der Waals surface area contributed by atoms with Crippen molar-refractivity contribution in [2.45, 2.75) is 50.7 Å². The van der Waals surface area contributed by atoms with Crippen molar-refractivity contribution in [1.82, 2.24) is 9.55 Å². The molecule has 3 aromatic rings. The SMILES string of the molecule is CCOC(=O)CSc1nc2c(c(=O)n1Cc1ccccc1)[C@@](C)(CC)Cc1ccccc1-2. The highest BCUT2D eigenvalue weighted by molar-refractivity contribution is 7.99. The lowest BCUT2D eigenvalue weighted by molar-refractivity contribution is -0.139. The molecule has 0 amide bonds. The summed E-state index contributed by atoms with van der Waals surface area (Å²) in [5.41, 5.74) is 4.44. The Morgan fingerprint density at radius 1 is 1.12 bits per heavy atom. The van der Waals surface area contributed by atoms with Gasteiger partial charge in [-0.15, -0.1) is 0 Å². The smallest absolute Gasteiger partial charge is 0.316 e. The molecule has 1 aliphatic rings. The minimum atomic E-state index is -0.311. The second-order valence-electron chi connectivity index (χ2n) is 8.34. The Balaban J connectivity index is 1.90. The molecule has 0 saturated heterocycles. The first-order chi connectivity index (χ1) is 15.5. The monoisotopic (exact) mass is 448 g/mol. The average molecular weight is 449 g/mol.